The highest BCUT2D eigenvalue weighted by Crippen LogP contribution is 2.13. The summed E-state index contributed by atoms with van der Waals surface area (Å²) in [5.41, 5.74) is 7.99. The summed E-state index contributed by atoms with van der Waals surface area (Å²) in [7, 11) is 0. The monoisotopic (exact) mass is 247 g/mol. The number of nitrogens with two attached hydrogens (primary N) is 1. The van der Waals surface area contributed by atoms with Crippen LogP contribution in [0.1, 0.15) is 16.3 Å². The van der Waals surface area contributed by atoms with E-state index in [0.717, 1.165) is 16.3 Å². The summed E-state index contributed by atoms with van der Waals surface area (Å²) >= 11 is 1.56. The van der Waals surface area contributed by atoms with Gasteiger partial charge in [0.05, 0.1) is 10.7 Å². The molecule has 0 unspecified atom stereocenters. The Morgan fingerprint density at radius 1 is 1.47 bits per heavy atom. The van der Waals surface area contributed by atoms with Crippen molar-refractivity contribution in [1.29, 1.82) is 0 Å². The van der Waals surface area contributed by atoms with Gasteiger partial charge in [-0.2, -0.15) is 0 Å². The Balaban J connectivity index is 2.01. The Morgan fingerprint density at radius 2 is 2.29 bits per heavy atom. The quantitative estimate of drug-likeness (QED) is 0.894. The van der Waals surface area contributed by atoms with E-state index in [4.69, 9.17) is 5.73 Å². The molecule has 2 heterocycles. The molecule has 88 valence electrons. The lowest BCUT2D eigenvalue weighted by molar-refractivity contribution is -0.117. The number of rotatable bonds is 4. The molecular formula is C12H13N3OS. The molecule has 0 aromatic carbocycles. The van der Waals surface area contributed by atoms with E-state index in [1.54, 1.807) is 29.8 Å². The van der Waals surface area contributed by atoms with E-state index in [1.807, 2.05) is 12.3 Å². The van der Waals surface area contributed by atoms with Crippen LogP contribution in [0.5, 0.6) is 0 Å². The van der Waals surface area contributed by atoms with Crippen LogP contribution >= 0.6 is 11.3 Å². The summed E-state index contributed by atoms with van der Waals surface area (Å²) in [4.78, 5) is 20.1. The van der Waals surface area contributed by atoms with E-state index in [-0.39, 0.29) is 5.78 Å². The average Bonchev–Trinajstić information content (AvgIpc) is 2.67. The number of anilines is 1. The number of nitrogens with zero attached hydrogens (tertiary/aromatic N) is 2. The number of pyridine rings is 1. The van der Waals surface area contributed by atoms with Gasteiger partial charge in [0.2, 0.25) is 0 Å². The molecule has 5 heteroatoms. The molecule has 0 saturated carbocycles. The first-order valence-corrected chi connectivity index (χ1v) is 6.14. The first-order chi connectivity index (χ1) is 8.15. The zero-order chi connectivity index (χ0) is 12.3. The number of Topliss-reactive ketones (excluding diaryl/α,β-unsaturated/α-hetero) is 1. The fourth-order valence-electron chi connectivity index (χ4n) is 1.55. The van der Waals surface area contributed by atoms with Crippen molar-refractivity contribution >= 4 is 22.8 Å². The minimum Gasteiger partial charge on any atom is -0.398 e. The van der Waals surface area contributed by atoms with Gasteiger partial charge in [-0.05, 0) is 13.0 Å². The summed E-state index contributed by atoms with van der Waals surface area (Å²) in [6, 6.07) is 1.70. The highest BCUT2D eigenvalue weighted by atomic mass is 32.1. The number of thiazole rings is 1. The molecule has 0 saturated heterocycles. The van der Waals surface area contributed by atoms with Crippen molar-refractivity contribution in [1.82, 2.24) is 9.97 Å². The number of carbonyl (C=O) groups excluding carboxylic acids is 1. The van der Waals surface area contributed by atoms with Crippen molar-refractivity contribution in [2.75, 3.05) is 5.73 Å². The van der Waals surface area contributed by atoms with Gasteiger partial charge in [0.25, 0.3) is 0 Å². The zero-order valence-electron chi connectivity index (χ0n) is 9.51. The molecule has 0 aliphatic rings. The van der Waals surface area contributed by atoms with Crippen molar-refractivity contribution in [3.05, 3.63) is 40.1 Å². The van der Waals surface area contributed by atoms with Gasteiger partial charge in [0.1, 0.15) is 5.78 Å². The predicted molar refractivity (Wildman–Crippen MR) is 67.9 cm³/mol. The third kappa shape index (κ3) is 3.10. The van der Waals surface area contributed by atoms with E-state index in [2.05, 4.69) is 9.97 Å². The fraction of sp³-hybridized carbons (Fsp3) is 0.250. The molecule has 0 radical (unpaired) electrons. The van der Waals surface area contributed by atoms with Crippen LogP contribution in [0.15, 0.2) is 23.8 Å². The van der Waals surface area contributed by atoms with Crippen LogP contribution in [0.25, 0.3) is 0 Å². The first kappa shape index (κ1) is 11.7. The summed E-state index contributed by atoms with van der Waals surface area (Å²) < 4.78 is 0. The second kappa shape index (κ2) is 5.05. The van der Waals surface area contributed by atoms with E-state index in [0.29, 0.717) is 18.5 Å². The number of aromatic nitrogens is 2. The Bertz CT molecular complexity index is 536. The Hall–Kier alpha value is -1.75. The Kier molecular flexibility index (Phi) is 3.49. The highest BCUT2D eigenvalue weighted by molar-refractivity contribution is 7.09. The maximum Gasteiger partial charge on any atom is 0.143 e. The minimum absolute atomic E-state index is 0.106. The zero-order valence-corrected chi connectivity index (χ0v) is 10.3. The maximum atomic E-state index is 11.8. The smallest absolute Gasteiger partial charge is 0.143 e. The van der Waals surface area contributed by atoms with E-state index in [9.17, 15) is 4.79 Å². The second-order valence-corrected chi connectivity index (χ2v) is 4.89. The lowest BCUT2D eigenvalue weighted by Gasteiger charge is -2.02. The molecule has 0 atom stereocenters. The number of nitrogen functional groups attached to an aromatic ring is 1. The summed E-state index contributed by atoms with van der Waals surface area (Å²) in [5.74, 6) is 0.106. The maximum absolute atomic E-state index is 11.8. The summed E-state index contributed by atoms with van der Waals surface area (Å²) in [6.07, 6.45) is 3.93. The largest absolute Gasteiger partial charge is 0.398 e. The lowest BCUT2D eigenvalue weighted by atomic mass is 10.1. The van der Waals surface area contributed by atoms with Crippen LogP contribution in [0.3, 0.4) is 0 Å². The minimum atomic E-state index is 0.106. The Morgan fingerprint density at radius 3 is 2.94 bits per heavy atom. The van der Waals surface area contributed by atoms with Gasteiger partial charge in [-0.1, -0.05) is 0 Å². The van der Waals surface area contributed by atoms with Gasteiger partial charge >= 0.3 is 0 Å². The van der Waals surface area contributed by atoms with Gasteiger partial charge in [0.15, 0.2) is 0 Å². The summed E-state index contributed by atoms with van der Waals surface area (Å²) in [5, 5.41) is 2.90. The van der Waals surface area contributed by atoms with Crippen LogP contribution in [0.2, 0.25) is 0 Å². The molecular weight excluding hydrogens is 234 g/mol. The first-order valence-electron chi connectivity index (χ1n) is 5.26. The van der Waals surface area contributed by atoms with E-state index >= 15 is 0 Å². The highest BCUT2D eigenvalue weighted by Gasteiger charge is 2.09. The SMILES string of the molecule is Cc1nc(CC(=O)Cc2cnccc2N)cs1. The number of hydrogen-bond donors (Lipinski definition) is 1. The van der Waals surface area contributed by atoms with Crippen LogP contribution in [0, 0.1) is 6.92 Å². The second-order valence-electron chi connectivity index (χ2n) is 3.82. The normalized spacial score (nSPS) is 10.4. The number of hydrogen-bond acceptors (Lipinski definition) is 5. The van der Waals surface area contributed by atoms with Gasteiger partial charge < -0.3 is 5.73 Å². The molecule has 4 nitrogen and oxygen atoms in total. The van der Waals surface area contributed by atoms with Crippen molar-refractivity contribution in [2.24, 2.45) is 0 Å². The Labute approximate surface area is 104 Å². The van der Waals surface area contributed by atoms with Crippen molar-refractivity contribution in [3.8, 4) is 0 Å². The van der Waals surface area contributed by atoms with Crippen LogP contribution in [0.4, 0.5) is 5.69 Å². The van der Waals surface area contributed by atoms with Crippen LogP contribution < -0.4 is 5.73 Å². The molecule has 0 fully saturated rings. The van der Waals surface area contributed by atoms with Gasteiger partial charge in [-0.15, -0.1) is 11.3 Å². The molecule has 2 aromatic rings. The summed E-state index contributed by atoms with van der Waals surface area (Å²) in [6.45, 7) is 1.93. The number of carbonyl (C=O) groups is 1. The van der Waals surface area contributed by atoms with Crippen molar-refractivity contribution in [2.45, 2.75) is 19.8 Å². The molecule has 2 rings (SSSR count). The third-order valence-corrected chi connectivity index (χ3v) is 3.20. The standard InChI is InChI=1S/C12H13N3OS/c1-8-15-10(7-17-8)5-11(16)4-9-6-14-3-2-12(9)13/h2-3,6-7H,4-5H2,1H3,(H2,13,14). The van der Waals surface area contributed by atoms with Gasteiger partial charge in [-0.3, -0.25) is 9.78 Å². The number of aryl methyl sites for hydroxylation is 1. The molecule has 2 aromatic heterocycles. The molecule has 0 bridgehead atoms. The molecule has 17 heavy (non-hydrogen) atoms. The van der Waals surface area contributed by atoms with E-state index in [1.165, 1.54) is 0 Å². The average molecular weight is 247 g/mol. The lowest BCUT2D eigenvalue weighted by Crippen LogP contribution is -2.08. The van der Waals surface area contributed by atoms with Crippen molar-refractivity contribution in [3.63, 3.8) is 0 Å². The predicted octanol–water partition coefficient (Wildman–Crippen LogP) is 1.78. The van der Waals surface area contributed by atoms with Crippen LogP contribution in [-0.2, 0) is 17.6 Å². The molecule has 0 aliphatic carbocycles. The van der Waals surface area contributed by atoms with Gasteiger partial charge in [0, 0.05) is 41.9 Å². The van der Waals surface area contributed by atoms with Crippen LogP contribution in [-0.4, -0.2) is 15.8 Å². The molecule has 2 N–H and O–H groups in total. The van der Waals surface area contributed by atoms with Crippen molar-refractivity contribution < 1.29 is 4.79 Å². The van der Waals surface area contributed by atoms with E-state index < -0.39 is 0 Å². The number of ketones is 1. The topological polar surface area (TPSA) is 68.9 Å². The molecule has 0 spiro atoms. The fourth-order valence-corrected chi connectivity index (χ4v) is 2.16. The third-order valence-electron chi connectivity index (χ3n) is 2.37. The molecule has 0 aliphatic heterocycles. The molecule has 0 amide bonds. The van der Waals surface area contributed by atoms with Gasteiger partial charge in [-0.25, -0.2) is 4.98 Å².